The number of aromatic nitrogens is 3. The molecule has 3 N–H and O–H groups in total. The smallest absolute Gasteiger partial charge is 0.254 e. The number of amides is 1. The maximum absolute atomic E-state index is 13.7. The molecule has 2 aromatic heterocycles. The molecule has 4 aromatic rings. The van der Waals surface area contributed by atoms with Crippen molar-refractivity contribution in [2.24, 2.45) is 0 Å². The van der Waals surface area contributed by atoms with Gasteiger partial charge in [0.25, 0.3) is 5.91 Å². The van der Waals surface area contributed by atoms with Crippen LogP contribution >= 0.6 is 0 Å². The van der Waals surface area contributed by atoms with Crippen LogP contribution in [0, 0.1) is 0 Å². The second-order valence-electron chi connectivity index (χ2n) is 8.78. The first kappa shape index (κ1) is 21.4. The number of phenolic OH excluding ortho intramolecular Hbond substituents is 1. The van der Waals surface area contributed by atoms with E-state index in [9.17, 15) is 9.90 Å². The van der Waals surface area contributed by atoms with E-state index in [1.807, 2.05) is 35.3 Å². The van der Waals surface area contributed by atoms with Gasteiger partial charge in [-0.15, -0.1) is 0 Å². The van der Waals surface area contributed by atoms with Gasteiger partial charge in [-0.05, 0) is 59.7 Å². The molecule has 1 fully saturated rings. The fourth-order valence-corrected chi connectivity index (χ4v) is 4.64. The molecule has 1 saturated heterocycles. The van der Waals surface area contributed by atoms with Crippen LogP contribution in [0.15, 0.2) is 48.5 Å². The maximum atomic E-state index is 13.7. The fourth-order valence-electron chi connectivity index (χ4n) is 4.64. The van der Waals surface area contributed by atoms with E-state index < -0.39 is 0 Å². The van der Waals surface area contributed by atoms with Gasteiger partial charge in [-0.2, -0.15) is 5.10 Å². The van der Waals surface area contributed by atoms with Crippen molar-refractivity contribution in [1.29, 1.82) is 0 Å². The average Bonchev–Trinajstić information content (AvgIpc) is 3.54. The zero-order valence-corrected chi connectivity index (χ0v) is 19.1. The van der Waals surface area contributed by atoms with E-state index in [0.717, 1.165) is 48.7 Å². The molecule has 0 radical (unpaired) electrons. The summed E-state index contributed by atoms with van der Waals surface area (Å²) >= 11 is 0. The number of phenols is 1. The number of ether oxygens (including phenoxy) is 1. The number of carbonyl (C=O) groups excluding carboxylic acids is 1. The number of fused-ring (bicyclic) bond motifs is 2. The zero-order valence-electron chi connectivity index (χ0n) is 19.1. The SMILES string of the molecule is O=C(c1cc(-c2ccc(O)cc2)nc2n[nH]c(C=Cc3ccc4c(c3)CCO4)c12)N1CCNCC1. The Balaban J connectivity index is 1.43. The van der Waals surface area contributed by atoms with Gasteiger partial charge in [0.1, 0.15) is 11.5 Å². The highest BCUT2D eigenvalue weighted by molar-refractivity contribution is 6.09. The van der Waals surface area contributed by atoms with Crippen molar-refractivity contribution in [2.45, 2.75) is 6.42 Å². The average molecular weight is 468 g/mol. The predicted octanol–water partition coefficient (Wildman–Crippen LogP) is 3.48. The van der Waals surface area contributed by atoms with Gasteiger partial charge in [0, 0.05) is 38.2 Å². The van der Waals surface area contributed by atoms with Crippen molar-refractivity contribution in [2.75, 3.05) is 32.8 Å². The largest absolute Gasteiger partial charge is 0.508 e. The molecule has 2 aromatic carbocycles. The van der Waals surface area contributed by atoms with Gasteiger partial charge in [0.05, 0.1) is 28.9 Å². The summed E-state index contributed by atoms with van der Waals surface area (Å²) in [6.07, 6.45) is 4.87. The van der Waals surface area contributed by atoms with Crippen molar-refractivity contribution >= 4 is 29.1 Å². The Morgan fingerprint density at radius 2 is 1.89 bits per heavy atom. The summed E-state index contributed by atoms with van der Waals surface area (Å²) in [4.78, 5) is 20.3. The lowest BCUT2D eigenvalue weighted by Gasteiger charge is -2.27. The Kier molecular flexibility index (Phi) is 5.42. The quantitative estimate of drug-likeness (QED) is 0.425. The first-order valence-electron chi connectivity index (χ1n) is 11.8. The summed E-state index contributed by atoms with van der Waals surface area (Å²) in [5.74, 6) is 1.09. The topological polar surface area (TPSA) is 103 Å². The van der Waals surface area contributed by atoms with Gasteiger partial charge >= 0.3 is 0 Å². The minimum Gasteiger partial charge on any atom is -0.508 e. The number of pyridine rings is 1. The van der Waals surface area contributed by atoms with E-state index in [1.165, 1.54) is 5.56 Å². The highest BCUT2D eigenvalue weighted by atomic mass is 16.5. The van der Waals surface area contributed by atoms with Crippen LogP contribution in [0.3, 0.4) is 0 Å². The standard InChI is InChI=1S/C27H25N5O3/c33-20-5-3-18(4-6-20)23-16-21(27(34)32-12-10-28-11-13-32)25-22(30-31-26(25)29-23)7-1-17-2-8-24-19(15-17)9-14-35-24/h1-8,15-16,28,33H,9-14H2,(H,29,30,31). The zero-order chi connectivity index (χ0) is 23.8. The van der Waals surface area contributed by atoms with Crippen LogP contribution in [0.2, 0.25) is 0 Å². The molecule has 4 heterocycles. The van der Waals surface area contributed by atoms with E-state index in [1.54, 1.807) is 24.3 Å². The number of aromatic amines is 1. The summed E-state index contributed by atoms with van der Waals surface area (Å²) in [6.45, 7) is 3.56. The Morgan fingerprint density at radius 3 is 2.71 bits per heavy atom. The lowest BCUT2D eigenvalue weighted by atomic mass is 10.0. The predicted molar refractivity (Wildman–Crippen MR) is 134 cm³/mol. The van der Waals surface area contributed by atoms with E-state index in [-0.39, 0.29) is 11.7 Å². The molecule has 0 saturated carbocycles. The highest BCUT2D eigenvalue weighted by Gasteiger charge is 2.24. The minimum atomic E-state index is -0.0374. The highest BCUT2D eigenvalue weighted by Crippen LogP contribution is 2.30. The van der Waals surface area contributed by atoms with Gasteiger partial charge in [-0.3, -0.25) is 9.89 Å². The van der Waals surface area contributed by atoms with E-state index in [4.69, 9.17) is 9.72 Å². The first-order chi connectivity index (χ1) is 17.2. The Bertz CT molecular complexity index is 1440. The third-order valence-corrected chi connectivity index (χ3v) is 6.51. The summed E-state index contributed by atoms with van der Waals surface area (Å²) in [7, 11) is 0. The first-order valence-corrected chi connectivity index (χ1v) is 11.8. The van der Waals surface area contributed by atoms with Gasteiger partial charge in [-0.1, -0.05) is 12.1 Å². The van der Waals surface area contributed by atoms with Crippen LogP contribution in [-0.2, 0) is 6.42 Å². The van der Waals surface area contributed by atoms with Crippen LogP contribution in [0.25, 0.3) is 34.4 Å². The van der Waals surface area contributed by atoms with Gasteiger partial charge in [0.15, 0.2) is 5.65 Å². The number of nitrogens with zero attached hydrogens (tertiary/aromatic N) is 3. The molecule has 0 aliphatic carbocycles. The molecule has 0 spiro atoms. The van der Waals surface area contributed by atoms with Gasteiger partial charge in [-0.25, -0.2) is 4.98 Å². The number of nitrogens with one attached hydrogen (secondary N) is 2. The fraction of sp³-hybridized carbons (Fsp3) is 0.222. The third kappa shape index (κ3) is 4.13. The molecule has 2 aliphatic rings. The van der Waals surface area contributed by atoms with E-state index in [2.05, 4.69) is 21.6 Å². The normalized spacial score (nSPS) is 15.5. The second-order valence-corrected chi connectivity index (χ2v) is 8.78. The molecule has 0 bridgehead atoms. The molecule has 8 nitrogen and oxygen atoms in total. The summed E-state index contributed by atoms with van der Waals surface area (Å²) in [5.41, 5.74) is 5.49. The summed E-state index contributed by atoms with van der Waals surface area (Å²) in [5, 5.41) is 21.2. The number of rotatable bonds is 4. The minimum absolute atomic E-state index is 0.0374. The number of benzene rings is 2. The lowest BCUT2D eigenvalue weighted by molar-refractivity contribution is 0.0737. The van der Waals surface area contributed by atoms with Gasteiger partial charge < -0.3 is 20.1 Å². The monoisotopic (exact) mass is 467 g/mol. The number of H-pyrrole nitrogens is 1. The number of hydrogen-bond donors (Lipinski definition) is 3. The van der Waals surface area contributed by atoms with E-state index in [0.29, 0.717) is 35.4 Å². The summed E-state index contributed by atoms with van der Waals surface area (Å²) < 4.78 is 5.61. The van der Waals surface area contributed by atoms with Crippen molar-refractivity contribution in [3.05, 3.63) is 70.9 Å². The van der Waals surface area contributed by atoms with Crippen molar-refractivity contribution in [3.63, 3.8) is 0 Å². The summed E-state index contributed by atoms with van der Waals surface area (Å²) in [6, 6.07) is 14.8. The number of piperazine rings is 1. The molecule has 0 atom stereocenters. The van der Waals surface area contributed by atoms with Crippen LogP contribution in [-0.4, -0.2) is 63.9 Å². The Labute approximate surface area is 202 Å². The van der Waals surface area contributed by atoms with Crippen LogP contribution < -0.4 is 10.1 Å². The van der Waals surface area contributed by atoms with Crippen LogP contribution in [0.5, 0.6) is 11.5 Å². The maximum Gasteiger partial charge on any atom is 0.254 e. The Morgan fingerprint density at radius 1 is 1.06 bits per heavy atom. The van der Waals surface area contributed by atoms with Crippen LogP contribution in [0.4, 0.5) is 0 Å². The molecule has 1 amide bonds. The number of aromatic hydroxyl groups is 1. The van der Waals surface area contributed by atoms with Crippen molar-refractivity contribution in [3.8, 4) is 22.8 Å². The van der Waals surface area contributed by atoms with Crippen LogP contribution in [0.1, 0.15) is 27.2 Å². The molecular weight excluding hydrogens is 442 g/mol. The molecule has 35 heavy (non-hydrogen) atoms. The Hall–Kier alpha value is -4.17. The molecular formula is C27H25N5O3. The number of carbonyl (C=O) groups is 1. The van der Waals surface area contributed by atoms with Crippen molar-refractivity contribution in [1.82, 2.24) is 25.4 Å². The van der Waals surface area contributed by atoms with Gasteiger partial charge in [0.2, 0.25) is 0 Å². The van der Waals surface area contributed by atoms with E-state index >= 15 is 0 Å². The molecule has 0 unspecified atom stereocenters. The number of hydrogen-bond acceptors (Lipinski definition) is 6. The molecule has 2 aliphatic heterocycles. The lowest BCUT2D eigenvalue weighted by Crippen LogP contribution is -2.46. The van der Waals surface area contributed by atoms with Crippen molar-refractivity contribution < 1.29 is 14.6 Å². The molecule has 8 heteroatoms. The second kappa shape index (κ2) is 8.88. The molecule has 6 rings (SSSR count). The molecule has 176 valence electrons. The third-order valence-electron chi connectivity index (χ3n) is 6.51.